The summed E-state index contributed by atoms with van der Waals surface area (Å²) in [6, 6.07) is 4.36. The maximum absolute atomic E-state index is 12.9. The Balaban J connectivity index is 2.18. The molecule has 25 heavy (non-hydrogen) atoms. The summed E-state index contributed by atoms with van der Waals surface area (Å²) >= 11 is 0. The quantitative estimate of drug-likeness (QED) is 0.786. The van der Waals surface area contributed by atoms with Gasteiger partial charge in [0.2, 0.25) is 0 Å². The highest BCUT2D eigenvalue weighted by atomic mass is 19.4. The van der Waals surface area contributed by atoms with Crippen LogP contribution in [-0.2, 0) is 13.2 Å². The fourth-order valence-corrected chi connectivity index (χ4v) is 2.51. The summed E-state index contributed by atoms with van der Waals surface area (Å²) in [6.07, 6.45) is -3.29. The number of fused-ring (bicyclic) bond motifs is 1. The fraction of sp³-hybridized carbons (Fsp3) is 0.188. The zero-order valence-electron chi connectivity index (χ0n) is 13.3. The predicted octanol–water partition coefficient (Wildman–Crippen LogP) is 3.19. The van der Waals surface area contributed by atoms with Gasteiger partial charge in [0.15, 0.2) is 11.4 Å². The SMILES string of the molecule is Cc1nn(C)c2ncc(C(N)=O)c(Oc3cccc(C(F)(F)F)c3)c12. The number of carbonyl (C=O) groups is 1. The van der Waals surface area contributed by atoms with Crippen LogP contribution in [0.1, 0.15) is 21.6 Å². The number of amides is 1. The predicted molar refractivity (Wildman–Crippen MR) is 83.3 cm³/mol. The minimum Gasteiger partial charge on any atom is -0.456 e. The van der Waals surface area contributed by atoms with Crippen molar-refractivity contribution >= 4 is 16.9 Å². The van der Waals surface area contributed by atoms with Gasteiger partial charge in [-0.05, 0) is 25.1 Å². The molecule has 0 aliphatic carbocycles. The van der Waals surface area contributed by atoms with Gasteiger partial charge in [0.25, 0.3) is 5.91 Å². The van der Waals surface area contributed by atoms with E-state index in [1.165, 1.54) is 23.0 Å². The van der Waals surface area contributed by atoms with Gasteiger partial charge in [0, 0.05) is 13.2 Å². The van der Waals surface area contributed by atoms with E-state index in [1.807, 2.05) is 0 Å². The van der Waals surface area contributed by atoms with Crippen molar-refractivity contribution < 1.29 is 22.7 Å². The lowest BCUT2D eigenvalue weighted by atomic mass is 10.1. The Labute approximate surface area is 140 Å². The molecule has 1 amide bonds. The first-order valence-corrected chi connectivity index (χ1v) is 7.15. The molecule has 2 aromatic heterocycles. The van der Waals surface area contributed by atoms with E-state index in [9.17, 15) is 18.0 Å². The Morgan fingerprint density at radius 3 is 2.68 bits per heavy atom. The van der Waals surface area contributed by atoms with Crippen LogP contribution < -0.4 is 10.5 Å². The van der Waals surface area contributed by atoms with E-state index in [1.54, 1.807) is 14.0 Å². The van der Waals surface area contributed by atoms with Gasteiger partial charge in [0.1, 0.15) is 11.3 Å². The molecule has 0 fully saturated rings. The van der Waals surface area contributed by atoms with Gasteiger partial charge in [-0.3, -0.25) is 9.48 Å². The second kappa shape index (κ2) is 5.76. The van der Waals surface area contributed by atoms with E-state index in [0.717, 1.165) is 12.1 Å². The summed E-state index contributed by atoms with van der Waals surface area (Å²) in [4.78, 5) is 15.8. The lowest BCUT2D eigenvalue weighted by Crippen LogP contribution is -2.13. The van der Waals surface area contributed by atoms with E-state index >= 15 is 0 Å². The number of pyridine rings is 1. The zero-order valence-corrected chi connectivity index (χ0v) is 13.3. The van der Waals surface area contributed by atoms with Crippen LogP contribution in [0.4, 0.5) is 13.2 Å². The van der Waals surface area contributed by atoms with Crippen LogP contribution in [0.25, 0.3) is 11.0 Å². The van der Waals surface area contributed by atoms with Crippen LogP contribution >= 0.6 is 0 Å². The molecule has 9 heteroatoms. The minimum absolute atomic E-state index is 0.0300. The second-order valence-corrected chi connectivity index (χ2v) is 5.40. The molecule has 3 aromatic rings. The van der Waals surface area contributed by atoms with Crippen LogP contribution in [0.3, 0.4) is 0 Å². The van der Waals surface area contributed by atoms with E-state index in [2.05, 4.69) is 10.1 Å². The summed E-state index contributed by atoms with van der Waals surface area (Å²) in [5.74, 6) is -0.852. The number of ether oxygens (including phenoxy) is 1. The molecule has 1 aromatic carbocycles. The molecule has 0 atom stereocenters. The molecule has 0 saturated heterocycles. The maximum Gasteiger partial charge on any atom is 0.416 e. The molecule has 0 unspecified atom stereocenters. The summed E-state index contributed by atoms with van der Waals surface area (Å²) in [5, 5.41) is 4.60. The molecule has 0 radical (unpaired) electrons. The third-order valence-corrected chi connectivity index (χ3v) is 3.63. The first kappa shape index (κ1) is 16.7. The van der Waals surface area contributed by atoms with Crippen molar-refractivity contribution in [2.75, 3.05) is 0 Å². The first-order chi connectivity index (χ1) is 11.7. The monoisotopic (exact) mass is 350 g/mol. The molecular weight excluding hydrogens is 337 g/mol. The van der Waals surface area contributed by atoms with E-state index < -0.39 is 17.6 Å². The minimum atomic E-state index is -4.51. The molecular formula is C16H13F3N4O2. The third kappa shape index (κ3) is 3.00. The molecule has 0 spiro atoms. The summed E-state index contributed by atoms with van der Waals surface area (Å²) in [7, 11) is 1.65. The molecule has 0 saturated carbocycles. The van der Waals surface area contributed by atoms with Crippen molar-refractivity contribution in [3.05, 3.63) is 47.3 Å². The molecule has 6 nitrogen and oxygen atoms in total. The average molecular weight is 350 g/mol. The Bertz CT molecular complexity index is 979. The number of halogens is 3. The topological polar surface area (TPSA) is 83.0 Å². The second-order valence-electron chi connectivity index (χ2n) is 5.40. The fourth-order valence-electron chi connectivity index (χ4n) is 2.51. The number of alkyl halides is 3. The van der Waals surface area contributed by atoms with Crippen molar-refractivity contribution in [1.29, 1.82) is 0 Å². The van der Waals surface area contributed by atoms with Gasteiger partial charge < -0.3 is 10.5 Å². The molecule has 2 N–H and O–H groups in total. The van der Waals surface area contributed by atoms with Gasteiger partial charge in [-0.15, -0.1) is 0 Å². The van der Waals surface area contributed by atoms with Gasteiger partial charge in [-0.25, -0.2) is 4.98 Å². The number of aromatic nitrogens is 3. The summed E-state index contributed by atoms with van der Waals surface area (Å²) in [6.45, 7) is 1.67. The van der Waals surface area contributed by atoms with Crippen LogP contribution in [0.15, 0.2) is 30.5 Å². The van der Waals surface area contributed by atoms with Crippen LogP contribution in [-0.4, -0.2) is 20.7 Å². The van der Waals surface area contributed by atoms with E-state index in [4.69, 9.17) is 10.5 Å². The number of hydrogen-bond donors (Lipinski definition) is 1. The largest absolute Gasteiger partial charge is 0.456 e. The number of nitrogens with two attached hydrogens (primary N) is 1. The Kier molecular flexibility index (Phi) is 3.86. The molecule has 0 aliphatic heterocycles. The van der Waals surface area contributed by atoms with Crippen LogP contribution in [0.5, 0.6) is 11.5 Å². The standard InChI is InChI=1S/C16H13F3N4O2/c1-8-12-13(11(14(20)24)7-21-15(12)23(2)22-8)25-10-5-3-4-9(6-10)16(17,18)19/h3-7H,1-2H3,(H2,20,24). The Hall–Kier alpha value is -3.10. The highest BCUT2D eigenvalue weighted by Gasteiger charge is 2.31. The Morgan fingerprint density at radius 2 is 2.04 bits per heavy atom. The van der Waals surface area contributed by atoms with E-state index in [-0.39, 0.29) is 17.1 Å². The van der Waals surface area contributed by atoms with Crippen molar-refractivity contribution in [2.45, 2.75) is 13.1 Å². The number of carbonyl (C=O) groups excluding carboxylic acids is 1. The number of primary amides is 1. The molecule has 3 rings (SSSR count). The molecule has 0 bridgehead atoms. The lowest BCUT2D eigenvalue weighted by molar-refractivity contribution is -0.137. The van der Waals surface area contributed by atoms with Gasteiger partial charge in [-0.2, -0.15) is 18.3 Å². The average Bonchev–Trinajstić information content (AvgIpc) is 2.82. The van der Waals surface area contributed by atoms with Gasteiger partial charge in [0.05, 0.1) is 16.6 Å². The van der Waals surface area contributed by atoms with Crippen molar-refractivity contribution in [3.8, 4) is 11.5 Å². The number of benzene rings is 1. The van der Waals surface area contributed by atoms with Gasteiger partial charge >= 0.3 is 6.18 Å². The highest BCUT2D eigenvalue weighted by molar-refractivity contribution is 6.01. The zero-order chi connectivity index (χ0) is 18.4. The lowest BCUT2D eigenvalue weighted by Gasteiger charge is -2.13. The molecule has 130 valence electrons. The van der Waals surface area contributed by atoms with E-state index in [0.29, 0.717) is 16.7 Å². The number of hydrogen-bond acceptors (Lipinski definition) is 4. The van der Waals surface area contributed by atoms with Crippen molar-refractivity contribution in [2.24, 2.45) is 12.8 Å². The number of rotatable bonds is 3. The number of aryl methyl sites for hydroxylation is 2. The normalized spacial score (nSPS) is 11.7. The third-order valence-electron chi connectivity index (χ3n) is 3.63. The highest BCUT2D eigenvalue weighted by Crippen LogP contribution is 2.36. The first-order valence-electron chi connectivity index (χ1n) is 7.15. The van der Waals surface area contributed by atoms with Crippen molar-refractivity contribution in [1.82, 2.24) is 14.8 Å². The van der Waals surface area contributed by atoms with Crippen LogP contribution in [0.2, 0.25) is 0 Å². The van der Waals surface area contributed by atoms with Crippen molar-refractivity contribution in [3.63, 3.8) is 0 Å². The molecule has 2 heterocycles. The van der Waals surface area contributed by atoms with Gasteiger partial charge in [-0.1, -0.05) is 6.07 Å². The molecule has 0 aliphatic rings. The maximum atomic E-state index is 12.9. The summed E-state index contributed by atoms with van der Waals surface area (Å²) < 4.78 is 45.7. The van der Waals surface area contributed by atoms with Crippen LogP contribution in [0, 0.1) is 6.92 Å². The smallest absolute Gasteiger partial charge is 0.416 e. The number of nitrogens with zero attached hydrogens (tertiary/aromatic N) is 3. The Morgan fingerprint density at radius 1 is 1.32 bits per heavy atom. The summed E-state index contributed by atoms with van der Waals surface area (Å²) in [5.41, 5.74) is 5.38.